The van der Waals surface area contributed by atoms with Gasteiger partial charge in [0.2, 0.25) is 0 Å². The Labute approximate surface area is 218 Å². The molecule has 0 radical (unpaired) electrons. The molecule has 0 bridgehead atoms. The van der Waals surface area contributed by atoms with Gasteiger partial charge in [-0.15, -0.1) is 0 Å². The van der Waals surface area contributed by atoms with E-state index in [1.807, 2.05) is 0 Å². The predicted molar refractivity (Wildman–Crippen MR) is 140 cm³/mol. The molecule has 0 aliphatic heterocycles. The predicted octanol–water partition coefficient (Wildman–Crippen LogP) is 6.54. The molecule has 4 fully saturated rings. The van der Waals surface area contributed by atoms with E-state index in [0.29, 0.717) is 41.8 Å². The van der Waals surface area contributed by atoms with Gasteiger partial charge in [-0.3, -0.25) is 14.4 Å². The lowest BCUT2D eigenvalue weighted by Crippen LogP contribution is -2.60. The maximum absolute atomic E-state index is 14.2. The number of ether oxygens (including phenoxy) is 2. The molecule has 4 saturated carbocycles. The summed E-state index contributed by atoms with van der Waals surface area (Å²) in [7, 11) is 0. The molecule has 0 heterocycles. The van der Waals surface area contributed by atoms with Crippen LogP contribution < -0.4 is 0 Å². The van der Waals surface area contributed by atoms with E-state index in [4.69, 9.17) is 9.47 Å². The molecular weight excluding hydrogens is 452 g/mol. The monoisotopic (exact) mass is 500 g/mol. The van der Waals surface area contributed by atoms with Gasteiger partial charge in [0, 0.05) is 25.2 Å². The molecule has 5 heteroatoms. The maximum Gasteiger partial charge on any atom is 0.306 e. The van der Waals surface area contributed by atoms with E-state index in [2.05, 4.69) is 34.3 Å². The largest absolute Gasteiger partial charge is 0.463 e. The van der Waals surface area contributed by atoms with Crippen LogP contribution in [0.15, 0.2) is 12.7 Å². The highest BCUT2D eigenvalue weighted by Gasteiger charge is 2.65. The van der Waals surface area contributed by atoms with Crippen LogP contribution in [0.25, 0.3) is 0 Å². The van der Waals surface area contributed by atoms with Crippen molar-refractivity contribution in [3.63, 3.8) is 0 Å². The minimum atomic E-state index is -0.204. The average molecular weight is 501 g/mol. The van der Waals surface area contributed by atoms with Crippen LogP contribution in [0.4, 0.5) is 0 Å². The molecule has 4 rings (SSSR count). The Kier molecular flexibility index (Phi) is 8.07. The molecule has 0 aromatic rings. The zero-order chi connectivity index (χ0) is 26.3. The summed E-state index contributed by atoms with van der Waals surface area (Å²) in [4.78, 5) is 38.0. The van der Waals surface area contributed by atoms with Gasteiger partial charge in [-0.25, -0.2) is 0 Å². The Hall–Kier alpha value is -1.65. The number of carbonyl (C=O) groups excluding carboxylic acids is 3. The summed E-state index contributed by atoms with van der Waals surface area (Å²) in [5.74, 6) is 2.60. The van der Waals surface area contributed by atoms with Crippen LogP contribution in [0, 0.1) is 52.3 Å². The highest BCUT2D eigenvalue weighted by molar-refractivity contribution is 5.86. The Morgan fingerprint density at radius 3 is 2.44 bits per heavy atom. The number of esters is 2. The van der Waals surface area contributed by atoms with Crippen LogP contribution in [0.2, 0.25) is 0 Å². The second-order valence-corrected chi connectivity index (χ2v) is 13.0. The molecule has 0 amide bonds. The Bertz CT molecular complexity index is 865. The molecule has 36 heavy (non-hydrogen) atoms. The molecule has 4 aliphatic rings. The summed E-state index contributed by atoms with van der Waals surface area (Å²) in [6.07, 6.45) is 11.2. The van der Waals surface area contributed by atoms with Gasteiger partial charge in [-0.2, -0.15) is 0 Å². The quantitative estimate of drug-likeness (QED) is 0.280. The van der Waals surface area contributed by atoms with E-state index < -0.39 is 0 Å². The topological polar surface area (TPSA) is 69.7 Å². The van der Waals surface area contributed by atoms with Crippen molar-refractivity contribution in [2.24, 2.45) is 52.3 Å². The minimum Gasteiger partial charge on any atom is -0.463 e. The number of rotatable bonds is 8. The number of fused-ring (bicyclic) bond motifs is 5. The fourth-order valence-electron chi connectivity index (χ4n) is 9.71. The first-order valence-corrected chi connectivity index (χ1v) is 14.5. The molecule has 0 unspecified atom stereocenters. The van der Waals surface area contributed by atoms with E-state index in [1.165, 1.54) is 13.3 Å². The Balaban J connectivity index is 1.52. The van der Waals surface area contributed by atoms with Gasteiger partial charge in [0.1, 0.15) is 18.5 Å². The molecule has 5 nitrogen and oxygen atoms in total. The molecule has 0 saturated heterocycles. The SMILES string of the molecule is C=CCOC(=O)CC[C@@H](C)[C@H]1CC[C@H]2[C@@H]3C(=O)[C@H](CC)[C@@H]4C[C@H](OC(C)=O)CC[C@]4(C)[C@H]3CC[C@]12C. The highest BCUT2D eigenvalue weighted by atomic mass is 16.5. The first-order valence-electron chi connectivity index (χ1n) is 14.5. The number of hydrogen-bond acceptors (Lipinski definition) is 5. The lowest BCUT2D eigenvalue weighted by Gasteiger charge is -2.62. The van der Waals surface area contributed by atoms with Crippen molar-refractivity contribution < 1.29 is 23.9 Å². The van der Waals surface area contributed by atoms with Gasteiger partial charge in [-0.1, -0.05) is 40.3 Å². The molecule has 4 aliphatic carbocycles. The van der Waals surface area contributed by atoms with Crippen LogP contribution in [-0.4, -0.2) is 30.4 Å². The fraction of sp³-hybridized carbons (Fsp3) is 0.839. The summed E-state index contributed by atoms with van der Waals surface area (Å²) in [6.45, 7) is 14.8. The molecule has 0 aromatic heterocycles. The smallest absolute Gasteiger partial charge is 0.306 e. The van der Waals surface area contributed by atoms with Crippen LogP contribution in [0.5, 0.6) is 0 Å². The van der Waals surface area contributed by atoms with Crippen molar-refractivity contribution in [2.75, 3.05) is 6.61 Å². The average Bonchev–Trinajstić information content (AvgIpc) is 3.19. The zero-order valence-electron chi connectivity index (χ0n) is 23.2. The molecule has 0 aromatic carbocycles. The Morgan fingerprint density at radius 1 is 1.08 bits per heavy atom. The van der Waals surface area contributed by atoms with E-state index in [1.54, 1.807) is 6.08 Å². The molecule has 202 valence electrons. The fourth-order valence-corrected chi connectivity index (χ4v) is 9.71. The van der Waals surface area contributed by atoms with Crippen molar-refractivity contribution >= 4 is 17.7 Å². The third kappa shape index (κ3) is 4.69. The third-order valence-corrected chi connectivity index (χ3v) is 11.4. The van der Waals surface area contributed by atoms with Crippen LogP contribution in [0.3, 0.4) is 0 Å². The summed E-state index contributed by atoms with van der Waals surface area (Å²) >= 11 is 0. The second kappa shape index (κ2) is 10.6. The first kappa shape index (κ1) is 27.4. The standard InChI is InChI=1S/C31H48O5/c1-7-17-35-27(33)12-9-19(3)23-10-11-24-28-25(14-16-30(23,24)5)31(6)15-13-21(36-20(4)32)18-26(31)22(8-2)29(28)34/h7,19,21-26,28H,1,8-18H2,2-6H3/t19-,21-,22-,23-,24+,25+,26+,28+,30-,31-/m1/s1. The van der Waals surface area contributed by atoms with Gasteiger partial charge < -0.3 is 9.47 Å². The normalized spacial score (nSPS) is 42.5. The lowest BCUT2D eigenvalue weighted by molar-refractivity contribution is -0.178. The van der Waals surface area contributed by atoms with Crippen LogP contribution >= 0.6 is 0 Å². The number of ketones is 1. The van der Waals surface area contributed by atoms with Gasteiger partial charge in [0.25, 0.3) is 0 Å². The third-order valence-electron chi connectivity index (χ3n) is 11.4. The van der Waals surface area contributed by atoms with Crippen molar-refractivity contribution in [1.29, 1.82) is 0 Å². The van der Waals surface area contributed by atoms with E-state index >= 15 is 0 Å². The zero-order valence-corrected chi connectivity index (χ0v) is 23.2. The number of hydrogen-bond donors (Lipinski definition) is 0. The van der Waals surface area contributed by atoms with Crippen molar-refractivity contribution in [2.45, 2.75) is 105 Å². The van der Waals surface area contributed by atoms with Crippen molar-refractivity contribution in [3.8, 4) is 0 Å². The number of carbonyl (C=O) groups is 3. The summed E-state index contributed by atoms with van der Waals surface area (Å²) < 4.78 is 10.9. The summed E-state index contributed by atoms with van der Waals surface area (Å²) in [5.41, 5.74) is 0.313. The van der Waals surface area contributed by atoms with Crippen LogP contribution in [0.1, 0.15) is 98.8 Å². The van der Waals surface area contributed by atoms with Crippen LogP contribution in [-0.2, 0) is 23.9 Å². The van der Waals surface area contributed by atoms with Gasteiger partial charge in [0.05, 0.1) is 0 Å². The maximum atomic E-state index is 14.2. The highest BCUT2D eigenvalue weighted by Crippen LogP contribution is 2.68. The first-order chi connectivity index (χ1) is 17.1. The second-order valence-electron chi connectivity index (χ2n) is 13.0. The molecular formula is C31H48O5. The van der Waals surface area contributed by atoms with Gasteiger partial charge >= 0.3 is 11.9 Å². The van der Waals surface area contributed by atoms with E-state index in [-0.39, 0.29) is 47.3 Å². The lowest BCUT2D eigenvalue weighted by atomic mass is 9.42. The van der Waals surface area contributed by atoms with Crippen molar-refractivity contribution in [3.05, 3.63) is 12.7 Å². The molecule has 0 N–H and O–H groups in total. The Morgan fingerprint density at radius 2 is 1.78 bits per heavy atom. The number of Topliss-reactive ketones (excluding diaryl/α,β-unsaturated/α-hetero) is 1. The van der Waals surface area contributed by atoms with E-state index in [0.717, 1.165) is 51.4 Å². The van der Waals surface area contributed by atoms with E-state index in [9.17, 15) is 14.4 Å². The van der Waals surface area contributed by atoms with Gasteiger partial charge in [-0.05, 0) is 98.2 Å². The minimum absolute atomic E-state index is 0.0392. The van der Waals surface area contributed by atoms with Crippen molar-refractivity contribution in [1.82, 2.24) is 0 Å². The van der Waals surface area contributed by atoms with Gasteiger partial charge in [0.15, 0.2) is 0 Å². The summed E-state index contributed by atoms with van der Waals surface area (Å²) in [5, 5.41) is 0. The molecule has 0 spiro atoms. The summed E-state index contributed by atoms with van der Waals surface area (Å²) in [6, 6.07) is 0. The molecule has 10 atom stereocenters.